The number of nitrogens with zero attached hydrogens (tertiary/aromatic N) is 3. The van der Waals surface area contributed by atoms with Gasteiger partial charge >= 0.3 is 6.18 Å². The van der Waals surface area contributed by atoms with Crippen molar-refractivity contribution in [1.82, 2.24) is 9.88 Å². The number of rotatable bonds is 3. The highest BCUT2D eigenvalue weighted by atomic mass is 35.5. The first kappa shape index (κ1) is 22.7. The van der Waals surface area contributed by atoms with Crippen molar-refractivity contribution in [2.24, 2.45) is 0 Å². The first-order valence-electron chi connectivity index (χ1n) is 9.49. The lowest BCUT2D eigenvalue weighted by atomic mass is 10.1. The van der Waals surface area contributed by atoms with Gasteiger partial charge in [0.1, 0.15) is 0 Å². The Morgan fingerprint density at radius 2 is 1.72 bits per heavy atom. The van der Waals surface area contributed by atoms with Crippen LogP contribution in [0.2, 0.25) is 10.0 Å². The zero-order chi connectivity index (χ0) is 23.0. The predicted octanol–water partition coefficient (Wildman–Crippen LogP) is 5.80. The van der Waals surface area contributed by atoms with Gasteiger partial charge in [0, 0.05) is 42.8 Å². The Labute approximate surface area is 195 Å². The van der Waals surface area contributed by atoms with Gasteiger partial charge in [-0.2, -0.15) is 13.2 Å². The van der Waals surface area contributed by atoms with Crippen molar-refractivity contribution in [3.8, 4) is 17.0 Å². The van der Waals surface area contributed by atoms with Gasteiger partial charge in [0.15, 0.2) is 10.8 Å². The second-order valence-electron chi connectivity index (χ2n) is 7.15. The second kappa shape index (κ2) is 8.80. The Balaban J connectivity index is 1.44. The molecule has 1 saturated heterocycles. The lowest BCUT2D eigenvalue weighted by molar-refractivity contribution is -0.137. The molecule has 11 heteroatoms. The van der Waals surface area contributed by atoms with Crippen LogP contribution in [0.5, 0.6) is 5.75 Å². The molecule has 0 radical (unpaired) electrons. The lowest BCUT2D eigenvalue weighted by Gasteiger charge is -2.36. The van der Waals surface area contributed by atoms with Gasteiger partial charge in [-0.1, -0.05) is 29.3 Å². The van der Waals surface area contributed by atoms with E-state index in [1.54, 1.807) is 16.3 Å². The van der Waals surface area contributed by atoms with E-state index >= 15 is 0 Å². The minimum absolute atomic E-state index is 0.0825. The number of halogens is 5. The molecule has 3 aromatic rings. The third kappa shape index (κ3) is 4.65. The molecule has 1 aromatic heterocycles. The summed E-state index contributed by atoms with van der Waals surface area (Å²) in [4.78, 5) is 20.7. The van der Waals surface area contributed by atoms with Crippen molar-refractivity contribution in [2.75, 3.05) is 31.1 Å². The van der Waals surface area contributed by atoms with Crippen molar-refractivity contribution >= 4 is 46.1 Å². The van der Waals surface area contributed by atoms with E-state index in [9.17, 15) is 23.1 Å². The molecular weight excluding hydrogens is 486 g/mol. The van der Waals surface area contributed by atoms with Crippen LogP contribution in [0.1, 0.15) is 15.4 Å². The van der Waals surface area contributed by atoms with Gasteiger partial charge in [0.25, 0.3) is 5.91 Å². The maximum Gasteiger partial charge on any atom is 0.416 e. The van der Waals surface area contributed by atoms with Crippen LogP contribution in [0.3, 0.4) is 0 Å². The van der Waals surface area contributed by atoms with Gasteiger partial charge < -0.3 is 14.9 Å². The van der Waals surface area contributed by atoms with E-state index < -0.39 is 11.7 Å². The third-order valence-electron chi connectivity index (χ3n) is 5.11. The SMILES string of the molecule is O=C(c1nc(-c2cc(Cl)c(O)c(Cl)c2)cs1)N1CCN(c2cccc(C(F)(F)F)c2)CC1. The van der Waals surface area contributed by atoms with Gasteiger partial charge in [0.05, 0.1) is 21.3 Å². The fourth-order valence-electron chi connectivity index (χ4n) is 3.40. The van der Waals surface area contributed by atoms with Crippen LogP contribution in [0.4, 0.5) is 18.9 Å². The summed E-state index contributed by atoms with van der Waals surface area (Å²) >= 11 is 13.1. The lowest BCUT2D eigenvalue weighted by Crippen LogP contribution is -2.48. The number of alkyl halides is 3. The molecule has 2 aromatic carbocycles. The molecule has 4 rings (SSSR count). The van der Waals surface area contributed by atoms with Crippen molar-refractivity contribution in [3.63, 3.8) is 0 Å². The molecule has 168 valence electrons. The summed E-state index contributed by atoms with van der Waals surface area (Å²) in [6, 6.07) is 8.21. The maximum absolute atomic E-state index is 13.0. The largest absolute Gasteiger partial charge is 0.505 e. The Kier molecular flexibility index (Phi) is 6.24. The van der Waals surface area contributed by atoms with E-state index in [2.05, 4.69) is 4.98 Å². The molecule has 5 nitrogen and oxygen atoms in total. The molecule has 0 bridgehead atoms. The quantitative estimate of drug-likeness (QED) is 0.492. The van der Waals surface area contributed by atoms with E-state index in [4.69, 9.17) is 23.2 Å². The van der Waals surface area contributed by atoms with Crippen molar-refractivity contribution < 1.29 is 23.1 Å². The van der Waals surface area contributed by atoms with Crippen molar-refractivity contribution in [2.45, 2.75) is 6.18 Å². The summed E-state index contributed by atoms with van der Waals surface area (Å²) in [5.74, 6) is -0.469. The van der Waals surface area contributed by atoms with E-state index in [1.165, 1.54) is 29.5 Å². The zero-order valence-electron chi connectivity index (χ0n) is 16.4. The highest BCUT2D eigenvalue weighted by Crippen LogP contribution is 2.37. The average Bonchev–Trinajstić information content (AvgIpc) is 3.26. The minimum atomic E-state index is -4.40. The zero-order valence-corrected chi connectivity index (χ0v) is 18.7. The van der Waals surface area contributed by atoms with Gasteiger partial charge in [-0.05, 0) is 30.3 Å². The summed E-state index contributed by atoms with van der Waals surface area (Å²) in [5, 5.41) is 11.8. The van der Waals surface area contributed by atoms with Crippen LogP contribution < -0.4 is 4.90 Å². The van der Waals surface area contributed by atoms with Crippen LogP contribution in [0, 0.1) is 0 Å². The van der Waals surface area contributed by atoms with Gasteiger partial charge in [0.2, 0.25) is 0 Å². The fraction of sp³-hybridized carbons (Fsp3) is 0.238. The molecule has 1 N–H and O–H groups in total. The molecular formula is C21H16Cl2F3N3O2S. The molecule has 32 heavy (non-hydrogen) atoms. The number of aromatic hydroxyl groups is 1. The first-order valence-corrected chi connectivity index (χ1v) is 11.1. The van der Waals surface area contributed by atoms with Crippen LogP contribution in [-0.2, 0) is 6.18 Å². The Morgan fingerprint density at radius 3 is 2.34 bits per heavy atom. The molecule has 1 aliphatic heterocycles. The van der Waals surface area contributed by atoms with Gasteiger partial charge in [-0.25, -0.2) is 4.98 Å². The first-order chi connectivity index (χ1) is 15.1. The summed E-state index contributed by atoms with van der Waals surface area (Å²) < 4.78 is 38.9. The van der Waals surface area contributed by atoms with Crippen molar-refractivity contribution in [1.29, 1.82) is 0 Å². The molecule has 0 spiro atoms. The van der Waals surface area contributed by atoms with E-state index in [-0.39, 0.29) is 26.7 Å². The summed E-state index contributed by atoms with van der Waals surface area (Å²) in [6.07, 6.45) is -4.40. The monoisotopic (exact) mass is 501 g/mol. The fourth-order valence-corrected chi connectivity index (χ4v) is 4.68. The topological polar surface area (TPSA) is 56.7 Å². The number of phenols is 1. The summed E-state index contributed by atoms with van der Waals surface area (Å²) in [5.41, 5.74) is 0.857. The number of thiazole rings is 1. The Morgan fingerprint density at radius 1 is 1.06 bits per heavy atom. The number of hydrogen-bond donors (Lipinski definition) is 1. The van der Waals surface area contributed by atoms with Crippen molar-refractivity contribution in [3.05, 3.63) is 62.4 Å². The summed E-state index contributed by atoms with van der Waals surface area (Å²) in [6.45, 7) is 1.55. The predicted molar refractivity (Wildman–Crippen MR) is 119 cm³/mol. The van der Waals surface area contributed by atoms with Crippen LogP contribution in [0.25, 0.3) is 11.3 Å². The minimum Gasteiger partial charge on any atom is -0.505 e. The number of carbonyl (C=O) groups is 1. The normalized spacial score (nSPS) is 14.7. The number of hydrogen-bond acceptors (Lipinski definition) is 5. The highest BCUT2D eigenvalue weighted by Gasteiger charge is 2.31. The van der Waals surface area contributed by atoms with E-state index in [0.717, 1.165) is 12.1 Å². The Hall–Kier alpha value is -2.49. The number of benzene rings is 2. The van der Waals surface area contributed by atoms with Crippen LogP contribution >= 0.6 is 34.5 Å². The number of amides is 1. The number of anilines is 1. The number of carbonyl (C=O) groups excluding carboxylic acids is 1. The van der Waals surface area contributed by atoms with Gasteiger partial charge in [-0.15, -0.1) is 11.3 Å². The molecule has 0 atom stereocenters. The third-order valence-corrected chi connectivity index (χ3v) is 6.51. The Bertz CT molecular complexity index is 1140. The van der Waals surface area contributed by atoms with Crippen LogP contribution in [-0.4, -0.2) is 47.1 Å². The maximum atomic E-state index is 13.0. The smallest absolute Gasteiger partial charge is 0.416 e. The number of phenolic OH excluding ortho intramolecular Hbond substituents is 1. The molecule has 0 unspecified atom stereocenters. The molecule has 0 aliphatic carbocycles. The molecule has 1 fully saturated rings. The second-order valence-corrected chi connectivity index (χ2v) is 8.83. The van der Waals surface area contributed by atoms with E-state index in [1.807, 2.05) is 4.90 Å². The van der Waals surface area contributed by atoms with E-state index in [0.29, 0.717) is 43.1 Å². The molecule has 2 heterocycles. The number of aromatic nitrogens is 1. The number of piperazine rings is 1. The summed E-state index contributed by atoms with van der Waals surface area (Å²) in [7, 11) is 0. The van der Waals surface area contributed by atoms with Crippen LogP contribution in [0.15, 0.2) is 41.8 Å². The average molecular weight is 502 g/mol. The molecule has 1 amide bonds. The standard InChI is InChI=1S/C21H16Cl2F3N3O2S/c22-15-8-12(9-16(23)18(15)30)17-11-32-19(27-17)20(31)29-6-4-28(5-7-29)14-3-1-2-13(10-14)21(24,25)26/h1-3,8-11,30H,4-7H2. The molecule has 1 aliphatic rings. The van der Waals surface area contributed by atoms with Gasteiger partial charge in [-0.3, -0.25) is 4.79 Å². The molecule has 0 saturated carbocycles. The highest BCUT2D eigenvalue weighted by molar-refractivity contribution is 7.12.